The number of benzene rings is 1. The number of aryl methyl sites for hydroxylation is 2. The third-order valence-corrected chi connectivity index (χ3v) is 6.48. The number of hydrogen-bond donors (Lipinski definition) is 1. The van der Waals surface area contributed by atoms with E-state index < -0.39 is 10.0 Å². The van der Waals surface area contributed by atoms with Crippen LogP contribution >= 0.6 is 0 Å². The van der Waals surface area contributed by atoms with Crippen LogP contribution in [-0.4, -0.2) is 56.6 Å². The van der Waals surface area contributed by atoms with Gasteiger partial charge in [-0.2, -0.15) is 4.31 Å². The molecule has 146 valence electrons. The van der Waals surface area contributed by atoms with Crippen LogP contribution in [0.5, 0.6) is 0 Å². The number of hydrogen-bond acceptors (Lipinski definition) is 6. The Labute approximate surface area is 158 Å². The molecule has 1 aromatic carbocycles. The summed E-state index contributed by atoms with van der Waals surface area (Å²) in [5, 5.41) is 6.72. The van der Waals surface area contributed by atoms with Crippen molar-refractivity contribution in [1.82, 2.24) is 14.8 Å². The Kier molecular flexibility index (Phi) is 5.93. The molecule has 27 heavy (non-hydrogen) atoms. The summed E-state index contributed by atoms with van der Waals surface area (Å²) in [5.74, 6) is 0.497. The molecule has 0 saturated carbocycles. The largest absolute Gasteiger partial charge is 0.379 e. The van der Waals surface area contributed by atoms with Gasteiger partial charge in [0.25, 0.3) is 5.91 Å². The highest BCUT2D eigenvalue weighted by Gasteiger charge is 2.26. The van der Waals surface area contributed by atoms with Crippen LogP contribution in [0.15, 0.2) is 33.7 Å². The van der Waals surface area contributed by atoms with Crippen LogP contribution in [-0.2, 0) is 21.2 Å². The zero-order chi connectivity index (χ0) is 19.4. The Morgan fingerprint density at radius 1 is 1.19 bits per heavy atom. The molecule has 1 saturated heterocycles. The number of nitrogens with zero attached hydrogens (tertiary/aromatic N) is 2. The molecule has 0 spiro atoms. The minimum atomic E-state index is -3.56. The van der Waals surface area contributed by atoms with Crippen molar-refractivity contribution in [2.75, 3.05) is 32.8 Å². The highest BCUT2D eigenvalue weighted by Crippen LogP contribution is 2.18. The van der Waals surface area contributed by atoms with Gasteiger partial charge in [0.05, 0.1) is 23.8 Å². The van der Waals surface area contributed by atoms with Crippen molar-refractivity contribution < 1.29 is 22.5 Å². The number of carbonyl (C=O) groups excluding carboxylic acids is 1. The number of rotatable bonds is 6. The van der Waals surface area contributed by atoms with Crippen LogP contribution in [0, 0.1) is 13.8 Å². The van der Waals surface area contributed by atoms with Crippen LogP contribution < -0.4 is 5.32 Å². The van der Waals surface area contributed by atoms with E-state index in [9.17, 15) is 13.2 Å². The summed E-state index contributed by atoms with van der Waals surface area (Å²) in [6.45, 7) is 5.61. The fourth-order valence-corrected chi connectivity index (χ4v) is 4.38. The molecule has 2 heterocycles. The zero-order valence-corrected chi connectivity index (χ0v) is 16.2. The first-order valence-electron chi connectivity index (χ1n) is 8.77. The van der Waals surface area contributed by atoms with E-state index in [1.807, 2.05) is 13.8 Å². The molecule has 2 aromatic rings. The molecule has 1 aliphatic heterocycles. The lowest BCUT2D eigenvalue weighted by Gasteiger charge is -2.26. The first-order valence-corrected chi connectivity index (χ1v) is 10.2. The summed E-state index contributed by atoms with van der Waals surface area (Å²) in [6.07, 6.45) is 0.621. The summed E-state index contributed by atoms with van der Waals surface area (Å²) in [5.41, 5.74) is 2.22. The molecule has 1 aromatic heterocycles. The second kappa shape index (κ2) is 8.20. The average molecular weight is 393 g/mol. The second-order valence-electron chi connectivity index (χ2n) is 6.35. The molecule has 1 aliphatic rings. The van der Waals surface area contributed by atoms with E-state index in [2.05, 4.69) is 10.5 Å². The maximum absolute atomic E-state index is 12.6. The van der Waals surface area contributed by atoms with Gasteiger partial charge >= 0.3 is 0 Å². The summed E-state index contributed by atoms with van der Waals surface area (Å²) in [6, 6.07) is 5.99. The number of morpholine rings is 1. The van der Waals surface area contributed by atoms with Gasteiger partial charge in [-0.05, 0) is 44.5 Å². The van der Waals surface area contributed by atoms with Gasteiger partial charge in [-0.25, -0.2) is 8.42 Å². The Morgan fingerprint density at radius 3 is 2.44 bits per heavy atom. The quantitative estimate of drug-likeness (QED) is 0.793. The van der Waals surface area contributed by atoms with E-state index in [1.54, 1.807) is 0 Å². The Hall–Kier alpha value is -2.23. The number of amides is 1. The zero-order valence-electron chi connectivity index (χ0n) is 15.4. The predicted octanol–water partition coefficient (Wildman–Crippen LogP) is 1.28. The van der Waals surface area contributed by atoms with Gasteiger partial charge < -0.3 is 14.6 Å². The van der Waals surface area contributed by atoms with Crippen molar-refractivity contribution in [3.63, 3.8) is 0 Å². The van der Waals surface area contributed by atoms with Crippen molar-refractivity contribution >= 4 is 15.9 Å². The third kappa shape index (κ3) is 4.37. The van der Waals surface area contributed by atoms with Crippen LogP contribution in [0.2, 0.25) is 0 Å². The minimum Gasteiger partial charge on any atom is -0.379 e. The predicted molar refractivity (Wildman–Crippen MR) is 98.0 cm³/mol. The summed E-state index contributed by atoms with van der Waals surface area (Å²) in [4.78, 5) is 12.5. The van der Waals surface area contributed by atoms with Crippen molar-refractivity contribution in [3.05, 3.63) is 46.8 Å². The highest BCUT2D eigenvalue weighted by molar-refractivity contribution is 7.89. The standard InChI is InChI=1S/C18H23N3O5S/c1-13-17(14(2)26-20-13)7-8-19-18(22)15-3-5-16(6-4-15)27(23,24)21-9-11-25-12-10-21/h3-6H,7-12H2,1-2H3,(H,19,22). The lowest BCUT2D eigenvalue weighted by molar-refractivity contribution is 0.0730. The van der Waals surface area contributed by atoms with Crippen LogP contribution in [0.3, 0.4) is 0 Å². The summed E-state index contributed by atoms with van der Waals surface area (Å²) in [7, 11) is -3.56. The maximum Gasteiger partial charge on any atom is 0.251 e. The number of sulfonamides is 1. The second-order valence-corrected chi connectivity index (χ2v) is 8.29. The molecule has 3 rings (SSSR count). The van der Waals surface area contributed by atoms with Gasteiger partial charge in [0.1, 0.15) is 5.76 Å². The third-order valence-electron chi connectivity index (χ3n) is 4.57. The van der Waals surface area contributed by atoms with Gasteiger partial charge in [-0.15, -0.1) is 0 Å². The van der Waals surface area contributed by atoms with Gasteiger partial charge in [-0.1, -0.05) is 5.16 Å². The van der Waals surface area contributed by atoms with Crippen LogP contribution in [0.1, 0.15) is 27.4 Å². The molecule has 1 N–H and O–H groups in total. The molecule has 8 nitrogen and oxygen atoms in total. The molecular weight excluding hydrogens is 370 g/mol. The fourth-order valence-electron chi connectivity index (χ4n) is 2.98. The first-order chi connectivity index (χ1) is 12.9. The SMILES string of the molecule is Cc1noc(C)c1CCNC(=O)c1ccc(S(=O)(=O)N2CCOCC2)cc1. The lowest BCUT2D eigenvalue weighted by atomic mass is 10.1. The van der Waals surface area contributed by atoms with Crippen molar-refractivity contribution in [1.29, 1.82) is 0 Å². The number of ether oxygens (including phenoxy) is 1. The minimum absolute atomic E-state index is 0.177. The summed E-state index contributed by atoms with van der Waals surface area (Å²) >= 11 is 0. The molecule has 0 bridgehead atoms. The molecule has 0 radical (unpaired) electrons. The lowest BCUT2D eigenvalue weighted by Crippen LogP contribution is -2.40. The van der Waals surface area contributed by atoms with E-state index in [1.165, 1.54) is 28.6 Å². The van der Waals surface area contributed by atoms with Crippen molar-refractivity contribution in [2.45, 2.75) is 25.2 Å². The smallest absolute Gasteiger partial charge is 0.251 e. The van der Waals surface area contributed by atoms with Crippen LogP contribution in [0.25, 0.3) is 0 Å². The number of nitrogens with one attached hydrogen (secondary N) is 1. The van der Waals surface area contributed by atoms with Gasteiger partial charge in [0, 0.05) is 30.8 Å². The average Bonchev–Trinajstić information content (AvgIpc) is 3.00. The number of aromatic nitrogens is 1. The van der Waals surface area contributed by atoms with E-state index in [0.717, 1.165) is 17.0 Å². The highest BCUT2D eigenvalue weighted by atomic mass is 32.2. The van der Waals surface area contributed by atoms with E-state index in [4.69, 9.17) is 9.26 Å². The molecule has 1 fully saturated rings. The molecule has 0 aliphatic carbocycles. The van der Waals surface area contributed by atoms with E-state index in [0.29, 0.717) is 44.8 Å². The van der Waals surface area contributed by atoms with Crippen molar-refractivity contribution in [2.24, 2.45) is 0 Å². The van der Waals surface area contributed by atoms with E-state index >= 15 is 0 Å². The normalized spacial score (nSPS) is 15.6. The fraction of sp³-hybridized carbons (Fsp3) is 0.444. The Morgan fingerprint density at radius 2 is 1.85 bits per heavy atom. The molecule has 0 atom stereocenters. The van der Waals surface area contributed by atoms with Gasteiger partial charge in [0.2, 0.25) is 10.0 Å². The first kappa shape index (κ1) is 19.5. The van der Waals surface area contributed by atoms with Gasteiger partial charge in [-0.3, -0.25) is 4.79 Å². The molecular formula is C18H23N3O5S. The monoisotopic (exact) mass is 393 g/mol. The summed E-state index contributed by atoms with van der Waals surface area (Å²) < 4.78 is 36.9. The topological polar surface area (TPSA) is 102 Å². The molecule has 9 heteroatoms. The Bertz CT molecular complexity index is 880. The van der Waals surface area contributed by atoms with Crippen molar-refractivity contribution in [3.8, 4) is 0 Å². The molecule has 0 unspecified atom stereocenters. The number of carbonyl (C=O) groups is 1. The maximum atomic E-state index is 12.6. The van der Waals surface area contributed by atoms with Gasteiger partial charge in [0.15, 0.2) is 0 Å². The molecule has 1 amide bonds. The van der Waals surface area contributed by atoms with E-state index in [-0.39, 0.29) is 10.8 Å². The van der Waals surface area contributed by atoms with Crippen LogP contribution in [0.4, 0.5) is 0 Å². The Balaban J connectivity index is 1.60.